The van der Waals surface area contributed by atoms with Crippen molar-refractivity contribution in [2.45, 2.75) is 224 Å². The minimum absolute atomic E-state index is 0.180. The summed E-state index contributed by atoms with van der Waals surface area (Å²) in [5, 5.41) is 50.2. The highest BCUT2D eigenvalue weighted by molar-refractivity contribution is 7.47. The summed E-state index contributed by atoms with van der Waals surface area (Å²) in [6.45, 7) is 1.93. The molecular weight excluding hydrogens is 731 g/mol. The lowest BCUT2D eigenvalue weighted by molar-refractivity contribution is -0.230. The van der Waals surface area contributed by atoms with Crippen molar-refractivity contribution >= 4 is 19.8 Å². The first-order valence-corrected chi connectivity index (χ1v) is 22.9. The molecule has 1 saturated carbocycles. The molecule has 0 aromatic rings. The molecule has 0 aromatic heterocycles. The van der Waals surface area contributed by atoms with E-state index in [4.69, 9.17) is 18.5 Å². The van der Waals surface area contributed by atoms with E-state index in [1.807, 2.05) is 0 Å². The highest BCUT2D eigenvalue weighted by atomic mass is 31.2. The Kier molecular flexibility index (Phi) is 30.5. The lowest BCUT2D eigenvalue weighted by Gasteiger charge is -2.43. The number of phosphoric acid groups is 1. The normalized spacial score (nSPS) is 23.1. The Morgan fingerprint density at radius 1 is 0.600 bits per heavy atom. The third kappa shape index (κ3) is 26.3. The van der Waals surface area contributed by atoms with Crippen molar-refractivity contribution < 1.29 is 63.1 Å². The molecule has 0 radical (unpaired) electrons. The Morgan fingerprint density at radius 3 is 1.44 bits per heavy atom. The van der Waals surface area contributed by atoms with Crippen LogP contribution in [0.25, 0.3) is 0 Å². The average molecular weight is 809 g/mol. The highest BCUT2D eigenvalue weighted by Crippen LogP contribution is 2.47. The Morgan fingerprint density at radius 2 is 1.00 bits per heavy atom. The first kappa shape index (κ1) is 51.6. The van der Waals surface area contributed by atoms with Gasteiger partial charge in [-0.1, -0.05) is 147 Å². The molecule has 14 heteroatoms. The van der Waals surface area contributed by atoms with Crippen LogP contribution in [0.4, 0.5) is 0 Å². The van der Waals surface area contributed by atoms with E-state index in [2.05, 4.69) is 19.1 Å². The molecule has 6 N–H and O–H groups in total. The first-order chi connectivity index (χ1) is 26.4. The second-order valence-corrected chi connectivity index (χ2v) is 16.7. The summed E-state index contributed by atoms with van der Waals surface area (Å²) in [6.07, 6.45) is 23.5. The molecule has 0 aliphatic heterocycles. The van der Waals surface area contributed by atoms with Crippen LogP contribution in [0.1, 0.15) is 181 Å². The van der Waals surface area contributed by atoms with Gasteiger partial charge in [0.15, 0.2) is 6.10 Å². The van der Waals surface area contributed by atoms with Crippen molar-refractivity contribution in [2.24, 2.45) is 0 Å². The summed E-state index contributed by atoms with van der Waals surface area (Å²) >= 11 is 0. The molecule has 0 amide bonds. The van der Waals surface area contributed by atoms with Crippen LogP contribution in [0.3, 0.4) is 0 Å². The van der Waals surface area contributed by atoms with Gasteiger partial charge in [-0.15, -0.1) is 0 Å². The Bertz CT molecular complexity index is 1040. The van der Waals surface area contributed by atoms with Gasteiger partial charge in [0.2, 0.25) is 0 Å². The van der Waals surface area contributed by atoms with Gasteiger partial charge in [-0.2, -0.15) is 0 Å². The van der Waals surface area contributed by atoms with Crippen LogP contribution in [0.5, 0.6) is 0 Å². The van der Waals surface area contributed by atoms with Gasteiger partial charge in [-0.3, -0.25) is 18.6 Å². The van der Waals surface area contributed by atoms with E-state index in [0.29, 0.717) is 6.42 Å². The van der Waals surface area contributed by atoms with Crippen molar-refractivity contribution in [3.05, 3.63) is 12.2 Å². The number of carbonyl (C=O) groups excluding carboxylic acids is 2. The van der Waals surface area contributed by atoms with Crippen LogP contribution < -0.4 is 0 Å². The van der Waals surface area contributed by atoms with Crippen LogP contribution >= 0.6 is 7.82 Å². The average Bonchev–Trinajstić information content (AvgIpc) is 3.15. The molecule has 0 heterocycles. The smallest absolute Gasteiger partial charge is 0.463 e. The second-order valence-electron chi connectivity index (χ2n) is 15.3. The van der Waals surface area contributed by atoms with Crippen molar-refractivity contribution in [3.8, 4) is 0 Å². The fraction of sp³-hybridized carbons (Fsp3) is 0.902. The maximum atomic E-state index is 12.4. The quantitative estimate of drug-likeness (QED) is 0.0159. The molecular formula is C41H77O13P. The van der Waals surface area contributed by atoms with Crippen LogP contribution in [-0.2, 0) is 32.7 Å². The molecule has 1 rings (SSSR count). The number of phosphoric ester groups is 1. The van der Waals surface area contributed by atoms with E-state index in [9.17, 15) is 44.6 Å². The predicted molar refractivity (Wildman–Crippen MR) is 212 cm³/mol. The Hall–Kier alpha value is -1.41. The molecule has 324 valence electrons. The maximum absolute atomic E-state index is 12.4. The molecule has 8 atom stereocenters. The lowest BCUT2D eigenvalue weighted by Crippen LogP contribution is -2.65. The highest BCUT2D eigenvalue weighted by Gasteiger charge is 2.53. The lowest BCUT2D eigenvalue weighted by atomic mass is 9.85. The zero-order chi connectivity index (χ0) is 40.7. The number of carbonyl (C=O) groups is 2. The van der Waals surface area contributed by atoms with E-state index < -0.39 is 75.7 Å². The number of aliphatic hydroxyl groups excluding tert-OH is 5. The van der Waals surface area contributed by atoms with Gasteiger partial charge in [0.05, 0.1) is 6.61 Å². The molecule has 1 aliphatic carbocycles. The van der Waals surface area contributed by atoms with E-state index in [-0.39, 0.29) is 6.42 Å². The topological polar surface area (TPSA) is 210 Å². The van der Waals surface area contributed by atoms with Crippen molar-refractivity contribution in [2.75, 3.05) is 13.2 Å². The summed E-state index contributed by atoms with van der Waals surface area (Å²) in [5.41, 5.74) is 0. The summed E-state index contributed by atoms with van der Waals surface area (Å²) in [5.74, 6) is -1.47. The number of ether oxygens (including phenoxy) is 2. The number of hydrogen-bond donors (Lipinski definition) is 6. The fourth-order valence-corrected chi connectivity index (χ4v) is 7.74. The summed E-state index contributed by atoms with van der Waals surface area (Å²) in [4.78, 5) is 33.5. The first-order valence-electron chi connectivity index (χ1n) is 21.4. The maximum Gasteiger partial charge on any atom is 0.472 e. The van der Waals surface area contributed by atoms with Crippen LogP contribution in [0.2, 0.25) is 0 Å². The molecule has 0 bridgehead atoms. The second kappa shape index (κ2) is 32.5. The molecule has 55 heavy (non-hydrogen) atoms. The van der Waals surface area contributed by atoms with Gasteiger partial charge >= 0.3 is 19.8 Å². The summed E-state index contributed by atoms with van der Waals surface area (Å²) in [7, 11) is -5.07. The van der Waals surface area contributed by atoms with E-state index in [1.54, 1.807) is 0 Å². The molecule has 13 nitrogen and oxygen atoms in total. The van der Waals surface area contributed by atoms with E-state index in [0.717, 1.165) is 26.2 Å². The standard InChI is InChI=1S/C41H77O13P/c1-3-4-5-6-7-8-9-10-11-12-13-14-15-16-17-18-19-20-21-22-23-24-25-26-27-28-29-30-35(44)51-31-34(43)32-52-55(49,50)54-41-39(48)37(46)36(45)38(47)40(41)53-33(2)42/h10-11,34,36-41,43,45-48H,3-9,12-32H2,1-2H3,(H,49,50)/b11-10-/t34-,36-,37?,38?,39?,40?,41-/m0/s1. The third-order valence-electron chi connectivity index (χ3n) is 10.1. The molecule has 1 fully saturated rings. The Balaban J connectivity index is 1.95. The van der Waals surface area contributed by atoms with Gasteiger partial charge < -0.3 is 39.9 Å². The largest absolute Gasteiger partial charge is 0.472 e. The molecule has 0 spiro atoms. The molecule has 0 aromatic carbocycles. The van der Waals surface area contributed by atoms with Gasteiger partial charge in [0, 0.05) is 13.3 Å². The third-order valence-corrected chi connectivity index (χ3v) is 11.1. The van der Waals surface area contributed by atoms with Gasteiger partial charge in [0.25, 0.3) is 0 Å². The van der Waals surface area contributed by atoms with Crippen molar-refractivity contribution in [1.29, 1.82) is 0 Å². The number of esters is 2. The zero-order valence-electron chi connectivity index (χ0n) is 34.0. The number of rotatable bonds is 35. The van der Waals surface area contributed by atoms with Crippen LogP contribution in [0.15, 0.2) is 12.2 Å². The van der Waals surface area contributed by atoms with Gasteiger partial charge in [0.1, 0.15) is 43.2 Å². The summed E-state index contributed by atoms with van der Waals surface area (Å²) < 4.78 is 31.8. The van der Waals surface area contributed by atoms with Gasteiger partial charge in [-0.05, 0) is 32.1 Å². The number of unbranched alkanes of at least 4 members (excludes halogenated alkanes) is 23. The minimum atomic E-state index is -5.07. The number of aliphatic hydroxyl groups is 5. The zero-order valence-corrected chi connectivity index (χ0v) is 34.9. The van der Waals surface area contributed by atoms with Crippen molar-refractivity contribution in [3.63, 3.8) is 0 Å². The van der Waals surface area contributed by atoms with Crippen molar-refractivity contribution in [1.82, 2.24) is 0 Å². The van der Waals surface area contributed by atoms with Gasteiger partial charge in [-0.25, -0.2) is 4.57 Å². The van der Waals surface area contributed by atoms with E-state index >= 15 is 0 Å². The summed E-state index contributed by atoms with van der Waals surface area (Å²) in [6, 6.07) is 0. The molecule has 1 aliphatic rings. The van der Waals surface area contributed by atoms with Crippen LogP contribution in [-0.4, -0.2) is 98.3 Å². The predicted octanol–water partition coefficient (Wildman–Crippen LogP) is 7.50. The fourth-order valence-electron chi connectivity index (χ4n) is 6.77. The number of hydrogen-bond acceptors (Lipinski definition) is 12. The monoisotopic (exact) mass is 809 g/mol. The molecule has 0 saturated heterocycles. The van der Waals surface area contributed by atoms with E-state index in [1.165, 1.54) is 135 Å². The minimum Gasteiger partial charge on any atom is -0.463 e. The molecule has 5 unspecified atom stereocenters. The SMILES string of the molecule is CCCCCCCC/C=C\CCCCCCCCCCCCCCCCCCCC(=O)OC[C@H](O)COP(=O)(O)O[C@H]1C(O)C(O)[C@H](O)C(O)C1OC(C)=O. The number of allylic oxidation sites excluding steroid dienone is 2. The van der Waals surface area contributed by atoms with Crippen LogP contribution in [0, 0.1) is 0 Å². The Labute approximate surface area is 331 Å².